The molecule has 0 aliphatic carbocycles. The number of nitriles is 1. The Kier molecular flexibility index (Phi) is 7.44. The zero-order chi connectivity index (χ0) is 20.7. The van der Waals surface area contributed by atoms with Gasteiger partial charge in [-0.05, 0) is 51.0 Å². The minimum absolute atomic E-state index is 0.0408. The van der Waals surface area contributed by atoms with E-state index < -0.39 is 0 Å². The highest BCUT2D eigenvalue weighted by Gasteiger charge is 2.17. The summed E-state index contributed by atoms with van der Waals surface area (Å²) in [5, 5.41) is 16.3. The Balaban J connectivity index is 2.02. The number of ether oxygens (including phenoxy) is 2. The van der Waals surface area contributed by atoms with Crippen LogP contribution >= 0.6 is 0 Å². The van der Waals surface area contributed by atoms with Gasteiger partial charge < -0.3 is 14.8 Å². The van der Waals surface area contributed by atoms with Gasteiger partial charge in [0.15, 0.2) is 0 Å². The number of rotatable bonds is 9. The number of benzene rings is 1. The lowest BCUT2D eigenvalue weighted by Gasteiger charge is -2.18. The third-order valence-corrected chi connectivity index (χ3v) is 4.85. The molecule has 0 unspecified atom stereocenters. The molecule has 2 rings (SSSR count). The molecular weight excluding hydrogens is 356 g/mol. The molecule has 1 heterocycles. The zero-order valence-electron chi connectivity index (χ0n) is 17.2. The lowest BCUT2D eigenvalue weighted by Crippen LogP contribution is -2.27. The van der Waals surface area contributed by atoms with Crippen LogP contribution < -0.4 is 14.8 Å². The second kappa shape index (κ2) is 9.79. The standard InChI is InChI=1S/C21H28N4O3/c1-14(19-13-17(27-4)7-9-20(19)28-5)23-21(26)10-8-18-15(2)24-25(16(18)3)12-6-11-22/h7,9,13-14H,6,8,10,12H2,1-5H3,(H,23,26)/t14-/m0/s1. The minimum atomic E-state index is -0.210. The number of aryl methyl sites for hydroxylation is 2. The molecule has 7 heteroatoms. The predicted octanol–water partition coefficient (Wildman–Crippen LogP) is 3.24. The molecule has 1 atom stereocenters. The van der Waals surface area contributed by atoms with Gasteiger partial charge in [-0.15, -0.1) is 0 Å². The lowest BCUT2D eigenvalue weighted by molar-refractivity contribution is -0.121. The molecule has 1 amide bonds. The van der Waals surface area contributed by atoms with Gasteiger partial charge in [-0.2, -0.15) is 10.4 Å². The van der Waals surface area contributed by atoms with Gasteiger partial charge in [-0.1, -0.05) is 0 Å². The monoisotopic (exact) mass is 384 g/mol. The van der Waals surface area contributed by atoms with E-state index in [1.165, 1.54) is 0 Å². The van der Waals surface area contributed by atoms with Crippen molar-refractivity contribution in [2.75, 3.05) is 14.2 Å². The number of methoxy groups -OCH3 is 2. The Morgan fingerprint density at radius 2 is 2.07 bits per heavy atom. The number of hydrogen-bond acceptors (Lipinski definition) is 5. The second-order valence-electron chi connectivity index (χ2n) is 6.68. The molecule has 0 aliphatic heterocycles. The maximum absolute atomic E-state index is 12.5. The van der Waals surface area contributed by atoms with Crippen LogP contribution in [-0.2, 0) is 17.8 Å². The fourth-order valence-electron chi connectivity index (χ4n) is 3.28. The Hall–Kier alpha value is -3.01. The van der Waals surface area contributed by atoms with Gasteiger partial charge in [0, 0.05) is 17.7 Å². The summed E-state index contributed by atoms with van der Waals surface area (Å²) in [5.41, 5.74) is 3.86. The molecule has 28 heavy (non-hydrogen) atoms. The summed E-state index contributed by atoms with van der Waals surface area (Å²) < 4.78 is 12.5. The maximum Gasteiger partial charge on any atom is 0.220 e. The summed E-state index contributed by atoms with van der Waals surface area (Å²) in [5.74, 6) is 1.38. The van der Waals surface area contributed by atoms with Gasteiger partial charge in [-0.25, -0.2) is 0 Å². The van der Waals surface area contributed by atoms with Crippen molar-refractivity contribution in [1.82, 2.24) is 15.1 Å². The first kappa shape index (κ1) is 21.3. The minimum Gasteiger partial charge on any atom is -0.497 e. The third kappa shape index (κ3) is 5.03. The Morgan fingerprint density at radius 3 is 2.71 bits per heavy atom. The number of aromatic nitrogens is 2. The Labute approximate surface area is 166 Å². The average Bonchev–Trinajstić information content (AvgIpc) is 2.96. The number of nitrogens with one attached hydrogen (secondary N) is 1. The van der Waals surface area contributed by atoms with Gasteiger partial charge in [0.25, 0.3) is 0 Å². The van der Waals surface area contributed by atoms with E-state index in [-0.39, 0.29) is 11.9 Å². The number of carbonyl (C=O) groups excluding carboxylic acids is 1. The molecule has 0 aliphatic rings. The molecule has 0 bridgehead atoms. The van der Waals surface area contributed by atoms with E-state index in [9.17, 15) is 4.79 Å². The van der Waals surface area contributed by atoms with Gasteiger partial charge in [0.1, 0.15) is 11.5 Å². The molecule has 0 saturated heterocycles. The third-order valence-electron chi connectivity index (χ3n) is 4.85. The van der Waals surface area contributed by atoms with Crippen molar-refractivity contribution in [3.05, 3.63) is 40.7 Å². The van der Waals surface area contributed by atoms with Gasteiger partial charge >= 0.3 is 0 Å². The summed E-state index contributed by atoms with van der Waals surface area (Å²) in [7, 11) is 3.21. The normalized spacial score (nSPS) is 11.6. The molecule has 7 nitrogen and oxygen atoms in total. The molecule has 150 valence electrons. The molecule has 0 radical (unpaired) electrons. The van der Waals surface area contributed by atoms with Crippen LogP contribution in [0.1, 0.15) is 48.3 Å². The summed E-state index contributed by atoms with van der Waals surface area (Å²) in [6, 6.07) is 7.45. The van der Waals surface area contributed by atoms with E-state index in [1.54, 1.807) is 14.2 Å². The molecule has 1 N–H and O–H groups in total. The SMILES string of the molecule is COc1ccc(OC)c([C@H](C)NC(=O)CCc2c(C)nn(CCC#N)c2C)c1. The van der Waals surface area contributed by atoms with Crippen molar-refractivity contribution in [2.24, 2.45) is 0 Å². The van der Waals surface area contributed by atoms with Crippen molar-refractivity contribution in [1.29, 1.82) is 5.26 Å². The number of hydrogen-bond donors (Lipinski definition) is 1. The summed E-state index contributed by atoms with van der Waals surface area (Å²) in [4.78, 5) is 12.5. The van der Waals surface area contributed by atoms with E-state index in [4.69, 9.17) is 14.7 Å². The quantitative estimate of drug-likeness (QED) is 0.717. The van der Waals surface area contributed by atoms with Crippen LogP contribution in [0.2, 0.25) is 0 Å². The maximum atomic E-state index is 12.5. The van der Waals surface area contributed by atoms with E-state index >= 15 is 0 Å². The van der Waals surface area contributed by atoms with E-state index in [2.05, 4.69) is 16.5 Å². The molecule has 0 fully saturated rings. The second-order valence-corrected chi connectivity index (χ2v) is 6.68. The smallest absolute Gasteiger partial charge is 0.220 e. The van der Waals surface area contributed by atoms with Gasteiger partial charge in [-0.3, -0.25) is 9.48 Å². The highest BCUT2D eigenvalue weighted by atomic mass is 16.5. The average molecular weight is 384 g/mol. The van der Waals surface area contributed by atoms with Crippen LogP contribution in [0.3, 0.4) is 0 Å². The lowest BCUT2D eigenvalue weighted by atomic mass is 10.0. The summed E-state index contributed by atoms with van der Waals surface area (Å²) in [6.45, 7) is 6.41. The van der Waals surface area contributed by atoms with Crippen molar-refractivity contribution in [3.63, 3.8) is 0 Å². The van der Waals surface area contributed by atoms with Crippen molar-refractivity contribution in [3.8, 4) is 17.6 Å². The fraction of sp³-hybridized carbons (Fsp3) is 0.476. The highest BCUT2D eigenvalue weighted by molar-refractivity contribution is 5.77. The molecule has 2 aromatic rings. The van der Waals surface area contributed by atoms with Crippen LogP contribution in [0.5, 0.6) is 11.5 Å². The van der Waals surface area contributed by atoms with Gasteiger partial charge in [0.2, 0.25) is 5.91 Å². The Bertz CT molecular complexity index is 867. The predicted molar refractivity (Wildman–Crippen MR) is 106 cm³/mol. The molecule has 0 spiro atoms. The summed E-state index contributed by atoms with van der Waals surface area (Å²) >= 11 is 0. The highest BCUT2D eigenvalue weighted by Crippen LogP contribution is 2.29. The molecule has 0 saturated carbocycles. The number of carbonyl (C=O) groups is 1. The van der Waals surface area contributed by atoms with Crippen LogP contribution in [0.15, 0.2) is 18.2 Å². The van der Waals surface area contributed by atoms with Crippen LogP contribution in [0.25, 0.3) is 0 Å². The summed E-state index contributed by atoms with van der Waals surface area (Å²) in [6.07, 6.45) is 1.39. The first-order valence-electron chi connectivity index (χ1n) is 9.32. The largest absolute Gasteiger partial charge is 0.497 e. The van der Waals surface area contributed by atoms with Crippen molar-refractivity contribution >= 4 is 5.91 Å². The number of nitrogens with zero attached hydrogens (tertiary/aromatic N) is 3. The zero-order valence-corrected chi connectivity index (χ0v) is 17.2. The first-order valence-corrected chi connectivity index (χ1v) is 9.32. The van der Waals surface area contributed by atoms with Gasteiger partial charge in [0.05, 0.1) is 45.0 Å². The van der Waals surface area contributed by atoms with E-state index in [0.29, 0.717) is 37.3 Å². The Morgan fingerprint density at radius 1 is 1.32 bits per heavy atom. The van der Waals surface area contributed by atoms with Crippen molar-refractivity contribution in [2.45, 2.75) is 52.6 Å². The first-order chi connectivity index (χ1) is 13.4. The van der Waals surface area contributed by atoms with E-state index in [1.807, 2.05) is 43.7 Å². The van der Waals surface area contributed by atoms with E-state index in [0.717, 1.165) is 22.5 Å². The van der Waals surface area contributed by atoms with Crippen LogP contribution in [-0.4, -0.2) is 29.9 Å². The molecule has 1 aromatic heterocycles. The van der Waals surface area contributed by atoms with Crippen LogP contribution in [0, 0.1) is 25.2 Å². The number of amides is 1. The fourth-order valence-corrected chi connectivity index (χ4v) is 3.28. The molecular formula is C21H28N4O3. The topological polar surface area (TPSA) is 89.2 Å². The van der Waals surface area contributed by atoms with Crippen molar-refractivity contribution < 1.29 is 14.3 Å². The molecule has 1 aromatic carbocycles. The van der Waals surface area contributed by atoms with Crippen LogP contribution in [0.4, 0.5) is 0 Å².